The normalized spacial score (nSPS) is 12.0. The maximum Gasteiger partial charge on any atom is 0.260 e. The Morgan fingerprint density at radius 2 is 2.28 bits per heavy atom. The molecule has 18 heavy (non-hydrogen) atoms. The van der Waals surface area contributed by atoms with Gasteiger partial charge in [0.05, 0.1) is 6.61 Å². The van der Waals surface area contributed by atoms with Gasteiger partial charge < -0.3 is 15.2 Å². The first-order valence-electron chi connectivity index (χ1n) is 5.92. The molecular formula is C13H18BrNO3. The van der Waals surface area contributed by atoms with Crippen molar-refractivity contribution in [3.8, 4) is 5.75 Å². The zero-order valence-electron chi connectivity index (χ0n) is 10.6. The Morgan fingerprint density at radius 1 is 1.56 bits per heavy atom. The Bertz CT molecular complexity index is 409. The molecule has 0 aliphatic carbocycles. The van der Waals surface area contributed by atoms with Crippen molar-refractivity contribution in [3.05, 3.63) is 28.2 Å². The third-order valence-electron chi connectivity index (χ3n) is 2.42. The van der Waals surface area contributed by atoms with Crippen molar-refractivity contribution in [2.75, 3.05) is 6.54 Å². The fraction of sp³-hybridized carbons (Fsp3) is 0.462. The van der Waals surface area contributed by atoms with Crippen LogP contribution in [0.5, 0.6) is 5.75 Å². The number of rotatable bonds is 6. The molecule has 0 fully saturated rings. The summed E-state index contributed by atoms with van der Waals surface area (Å²) in [6.45, 7) is 4.19. The van der Waals surface area contributed by atoms with Crippen LogP contribution in [0.1, 0.15) is 25.8 Å². The van der Waals surface area contributed by atoms with E-state index in [1.165, 1.54) is 0 Å². The Kier molecular flexibility index (Phi) is 6.15. The lowest BCUT2D eigenvalue weighted by Crippen LogP contribution is -2.36. The predicted molar refractivity (Wildman–Crippen MR) is 73.5 cm³/mol. The molecule has 1 rings (SSSR count). The van der Waals surface area contributed by atoms with Gasteiger partial charge in [0.2, 0.25) is 0 Å². The lowest BCUT2D eigenvalue weighted by atomic mass is 10.2. The van der Waals surface area contributed by atoms with E-state index >= 15 is 0 Å². The van der Waals surface area contributed by atoms with Crippen molar-refractivity contribution in [1.29, 1.82) is 0 Å². The molecule has 1 aromatic carbocycles. The molecule has 0 heterocycles. The van der Waals surface area contributed by atoms with E-state index in [0.717, 1.165) is 10.9 Å². The number of nitrogens with one attached hydrogen (secondary N) is 1. The summed E-state index contributed by atoms with van der Waals surface area (Å²) in [7, 11) is 0. The fourth-order valence-electron chi connectivity index (χ4n) is 1.42. The third kappa shape index (κ3) is 4.31. The molecule has 0 aromatic heterocycles. The van der Waals surface area contributed by atoms with Gasteiger partial charge >= 0.3 is 0 Å². The average Bonchev–Trinajstić information content (AvgIpc) is 2.37. The number of amides is 1. The molecule has 1 unspecified atom stereocenters. The van der Waals surface area contributed by atoms with E-state index in [9.17, 15) is 9.90 Å². The van der Waals surface area contributed by atoms with Crippen LogP contribution in [0.4, 0.5) is 0 Å². The van der Waals surface area contributed by atoms with Crippen molar-refractivity contribution in [2.24, 2.45) is 0 Å². The average molecular weight is 316 g/mol. The van der Waals surface area contributed by atoms with Crippen LogP contribution in [-0.4, -0.2) is 23.7 Å². The molecule has 5 heteroatoms. The molecule has 0 saturated carbocycles. The first-order chi connectivity index (χ1) is 8.58. The number of halogens is 1. The van der Waals surface area contributed by atoms with Crippen molar-refractivity contribution >= 4 is 21.8 Å². The summed E-state index contributed by atoms with van der Waals surface area (Å²) in [5.74, 6) is 0.378. The zero-order chi connectivity index (χ0) is 13.5. The topological polar surface area (TPSA) is 58.6 Å². The quantitative estimate of drug-likeness (QED) is 0.846. The van der Waals surface area contributed by atoms with Crippen molar-refractivity contribution in [3.63, 3.8) is 0 Å². The molecule has 1 aromatic rings. The molecule has 1 amide bonds. The minimum absolute atomic E-state index is 0.127. The summed E-state index contributed by atoms with van der Waals surface area (Å²) in [5, 5.41) is 12.0. The van der Waals surface area contributed by atoms with Crippen molar-refractivity contribution in [1.82, 2.24) is 5.32 Å². The van der Waals surface area contributed by atoms with Crippen LogP contribution in [0, 0.1) is 0 Å². The highest BCUT2D eigenvalue weighted by Gasteiger charge is 2.15. The number of hydrogen-bond acceptors (Lipinski definition) is 3. The fourth-order valence-corrected chi connectivity index (χ4v) is 1.83. The van der Waals surface area contributed by atoms with Gasteiger partial charge in [0, 0.05) is 16.6 Å². The number of carbonyl (C=O) groups excluding carboxylic acids is 1. The smallest absolute Gasteiger partial charge is 0.260 e. The third-order valence-corrected chi connectivity index (χ3v) is 2.91. The minimum Gasteiger partial charge on any atom is -0.481 e. The number of benzene rings is 1. The van der Waals surface area contributed by atoms with Crippen LogP contribution in [0.25, 0.3) is 0 Å². The monoisotopic (exact) mass is 315 g/mol. The Balaban J connectivity index is 2.69. The van der Waals surface area contributed by atoms with Gasteiger partial charge in [0.15, 0.2) is 6.10 Å². The van der Waals surface area contributed by atoms with Gasteiger partial charge in [-0.3, -0.25) is 4.79 Å². The molecule has 2 N–H and O–H groups in total. The van der Waals surface area contributed by atoms with E-state index in [-0.39, 0.29) is 12.5 Å². The summed E-state index contributed by atoms with van der Waals surface area (Å²) in [4.78, 5) is 11.7. The molecule has 4 nitrogen and oxygen atoms in total. The SMILES string of the molecule is CCCNC(=O)C(C)Oc1ccc(Br)cc1CO. The number of aliphatic hydroxyl groups excluding tert-OH is 1. The molecule has 0 spiro atoms. The van der Waals surface area contributed by atoms with Crippen LogP contribution in [0.3, 0.4) is 0 Å². The Morgan fingerprint density at radius 3 is 2.89 bits per heavy atom. The van der Waals surface area contributed by atoms with E-state index < -0.39 is 6.10 Å². The number of aliphatic hydroxyl groups is 1. The molecule has 1 atom stereocenters. The van der Waals surface area contributed by atoms with Crippen LogP contribution in [-0.2, 0) is 11.4 Å². The van der Waals surface area contributed by atoms with E-state index in [2.05, 4.69) is 21.2 Å². The zero-order valence-corrected chi connectivity index (χ0v) is 12.2. The van der Waals surface area contributed by atoms with Crippen LogP contribution < -0.4 is 10.1 Å². The van der Waals surface area contributed by atoms with Crippen LogP contribution in [0.15, 0.2) is 22.7 Å². The molecule has 0 radical (unpaired) electrons. The molecular weight excluding hydrogens is 298 g/mol. The van der Waals surface area contributed by atoms with Crippen molar-refractivity contribution in [2.45, 2.75) is 33.0 Å². The van der Waals surface area contributed by atoms with Gasteiger partial charge in [0.1, 0.15) is 5.75 Å². The van der Waals surface area contributed by atoms with Gasteiger partial charge in [0.25, 0.3) is 5.91 Å². The highest BCUT2D eigenvalue weighted by molar-refractivity contribution is 9.10. The summed E-state index contributed by atoms with van der Waals surface area (Å²) in [6.07, 6.45) is 0.307. The minimum atomic E-state index is -0.581. The Labute approximate surface area is 115 Å². The number of carbonyl (C=O) groups is 1. The largest absolute Gasteiger partial charge is 0.481 e. The van der Waals surface area contributed by atoms with E-state index in [1.54, 1.807) is 19.1 Å². The summed E-state index contributed by atoms with van der Waals surface area (Å²) < 4.78 is 6.42. The summed E-state index contributed by atoms with van der Waals surface area (Å²) in [5.41, 5.74) is 0.652. The maximum atomic E-state index is 11.7. The van der Waals surface area contributed by atoms with Gasteiger partial charge in [-0.1, -0.05) is 22.9 Å². The first-order valence-corrected chi connectivity index (χ1v) is 6.71. The first kappa shape index (κ1) is 15.0. The van der Waals surface area contributed by atoms with Crippen LogP contribution in [0.2, 0.25) is 0 Å². The summed E-state index contributed by atoms with van der Waals surface area (Å²) >= 11 is 3.32. The standard InChI is InChI=1S/C13H18BrNO3/c1-3-6-15-13(17)9(2)18-12-5-4-11(14)7-10(12)8-16/h4-5,7,9,16H,3,6,8H2,1-2H3,(H,15,17). The number of ether oxygens (including phenoxy) is 1. The highest BCUT2D eigenvalue weighted by Crippen LogP contribution is 2.24. The predicted octanol–water partition coefficient (Wildman–Crippen LogP) is 2.23. The highest BCUT2D eigenvalue weighted by atomic mass is 79.9. The van der Waals surface area contributed by atoms with E-state index in [1.807, 2.05) is 13.0 Å². The summed E-state index contributed by atoms with van der Waals surface area (Å²) in [6, 6.07) is 5.32. The van der Waals surface area contributed by atoms with Crippen LogP contribution >= 0.6 is 15.9 Å². The maximum absolute atomic E-state index is 11.7. The second-order valence-electron chi connectivity index (χ2n) is 3.96. The van der Waals surface area contributed by atoms with Gasteiger partial charge in [-0.2, -0.15) is 0 Å². The molecule has 0 saturated heterocycles. The lowest BCUT2D eigenvalue weighted by molar-refractivity contribution is -0.127. The van der Waals surface area contributed by atoms with E-state index in [4.69, 9.17) is 4.74 Å². The lowest BCUT2D eigenvalue weighted by Gasteiger charge is -2.16. The second-order valence-corrected chi connectivity index (χ2v) is 4.88. The molecule has 0 bridgehead atoms. The Hall–Kier alpha value is -1.07. The number of hydrogen-bond donors (Lipinski definition) is 2. The second kappa shape index (κ2) is 7.38. The van der Waals surface area contributed by atoms with Gasteiger partial charge in [-0.05, 0) is 31.5 Å². The molecule has 100 valence electrons. The van der Waals surface area contributed by atoms with Gasteiger partial charge in [-0.15, -0.1) is 0 Å². The van der Waals surface area contributed by atoms with Crippen molar-refractivity contribution < 1.29 is 14.6 Å². The van der Waals surface area contributed by atoms with E-state index in [0.29, 0.717) is 17.9 Å². The van der Waals surface area contributed by atoms with Gasteiger partial charge in [-0.25, -0.2) is 0 Å². The molecule has 0 aliphatic rings. The molecule has 0 aliphatic heterocycles.